The van der Waals surface area contributed by atoms with Crippen LogP contribution in [0.2, 0.25) is 5.02 Å². The molecule has 40 heavy (non-hydrogen) atoms. The van der Waals surface area contributed by atoms with Crippen molar-refractivity contribution in [2.24, 2.45) is 5.92 Å². The first-order valence-corrected chi connectivity index (χ1v) is 13.8. The van der Waals surface area contributed by atoms with E-state index in [0.717, 1.165) is 32.6 Å². The number of halogens is 2. The number of hydrogen-bond acceptors (Lipinski definition) is 9. The van der Waals surface area contributed by atoms with E-state index in [2.05, 4.69) is 42.7 Å². The molecule has 2 fully saturated rings. The molecule has 10 nitrogen and oxygen atoms in total. The number of aliphatic hydroxyl groups excluding tert-OH is 1. The SMILES string of the molecule is CN1CCCN(CC(=O)Nc2cc(Nc3cc(-c4cc(Cl)ccc4F)nnc3OCC3CC(O)C3)ccn2)CC1. The van der Waals surface area contributed by atoms with Crippen molar-refractivity contribution in [2.45, 2.75) is 25.4 Å². The highest BCUT2D eigenvalue weighted by atomic mass is 35.5. The first-order chi connectivity index (χ1) is 19.3. The monoisotopic (exact) mass is 569 g/mol. The van der Waals surface area contributed by atoms with E-state index in [9.17, 15) is 14.3 Å². The standard InChI is InChI=1S/C28H33ClFN7O3/c1-36-7-2-8-37(10-9-36)16-27(39)33-26-14-20(5-6-31-26)32-25-15-24(22-13-19(29)3-4-23(22)30)34-35-28(25)40-17-18-11-21(38)12-18/h3-6,13-15,18,21,38H,2,7-12,16-17H2,1H3,(H2,31,32,33,34,39). The van der Waals surface area contributed by atoms with Gasteiger partial charge in [0.25, 0.3) is 5.88 Å². The molecule has 1 aliphatic carbocycles. The van der Waals surface area contributed by atoms with Gasteiger partial charge >= 0.3 is 0 Å². The molecule has 3 aromatic rings. The molecule has 5 rings (SSSR count). The Morgan fingerprint density at radius 3 is 2.83 bits per heavy atom. The topological polar surface area (TPSA) is 116 Å². The van der Waals surface area contributed by atoms with Gasteiger partial charge in [-0.25, -0.2) is 9.37 Å². The van der Waals surface area contributed by atoms with E-state index in [1.165, 1.54) is 18.2 Å². The minimum absolute atomic E-state index is 0.134. The minimum atomic E-state index is -0.480. The lowest BCUT2D eigenvalue weighted by Gasteiger charge is -2.30. The van der Waals surface area contributed by atoms with E-state index in [-0.39, 0.29) is 35.1 Å². The van der Waals surface area contributed by atoms with Gasteiger partial charge in [-0.05, 0) is 75.6 Å². The Hall–Kier alpha value is -3.38. The second-order valence-electron chi connectivity index (χ2n) is 10.4. The predicted octanol–water partition coefficient (Wildman–Crippen LogP) is 3.80. The van der Waals surface area contributed by atoms with Crippen LogP contribution in [0.4, 0.5) is 21.6 Å². The fraction of sp³-hybridized carbons (Fsp3) is 0.429. The number of aliphatic hydroxyl groups is 1. The number of carbonyl (C=O) groups is 1. The van der Waals surface area contributed by atoms with Crippen molar-refractivity contribution in [1.29, 1.82) is 0 Å². The number of benzene rings is 1. The summed E-state index contributed by atoms with van der Waals surface area (Å²) >= 11 is 6.10. The summed E-state index contributed by atoms with van der Waals surface area (Å²) in [6.45, 7) is 4.33. The van der Waals surface area contributed by atoms with E-state index in [4.69, 9.17) is 16.3 Å². The zero-order valence-electron chi connectivity index (χ0n) is 22.3. The van der Waals surface area contributed by atoms with Crippen LogP contribution in [0.1, 0.15) is 19.3 Å². The molecule has 1 saturated carbocycles. The number of amides is 1. The Morgan fingerprint density at radius 2 is 2.00 bits per heavy atom. The quantitative estimate of drug-likeness (QED) is 0.354. The Morgan fingerprint density at radius 1 is 1.15 bits per heavy atom. The van der Waals surface area contributed by atoms with Gasteiger partial charge in [0.2, 0.25) is 5.91 Å². The number of pyridine rings is 1. The molecular formula is C28H33ClFN7O3. The normalized spacial score (nSPS) is 19.9. The van der Waals surface area contributed by atoms with Gasteiger partial charge in [-0.2, -0.15) is 0 Å². The van der Waals surface area contributed by atoms with Gasteiger partial charge in [0.1, 0.15) is 17.3 Å². The fourth-order valence-electron chi connectivity index (χ4n) is 4.81. The first kappa shape index (κ1) is 28.2. The molecule has 0 atom stereocenters. The van der Waals surface area contributed by atoms with E-state index in [0.29, 0.717) is 48.2 Å². The van der Waals surface area contributed by atoms with E-state index < -0.39 is 5.82 Å². The molecule has 0 radical (unpaired) electrons. The third-order valence-corrected chi connectivity index (χ3v) is 7.35. The van der Waals surface area contributed by atoms with E-state index >= 15 is 0 Å². The lowest BCUT2D eigenvalue weighted by atomic mass is 9.83. The summed E-state index contributed by atoms with van der Waals surface area (Å²) in [7, 11) is 2.09. The summed E-state index contributed by atoms with van der Waals surface area (Å²) in [6, 6.07) is 9.33. The van der Waals surface area contributed by atoms with Crippen molar-refractivity contribution in [1.82, 2.24) is 25.0 Å². The number of rotatable bonds is 9. The lowest BCUT2D eigenvalue weighted by molar-refractivity contribution is -0.117. The third-order valence-electron chi connectivity index (χ3n) is 7.12. The van der Waals surface area contributed by atoms with Gasteiger partial charge in [-0.1, -0.05) is 11.6 Å². The molecule has 1 saturated heterocycles. The van der Waals surface area contributed by atoms with Crippen LogP contribution in [0.5, 0.6) is 5.88 Å². The molecule has 0 spiro atoms. The van der Waals surface area contributed by atoms with Crippen molar-refractivity contribution >= 4 is 34.7 Å². The molecule has 1 aliphatic heterocycles. The largest absolute Gasteiger partial charge is 0.475 e. The van der Waals surface area contributed by atoms with Gasteiger partial charge in [-0.15, -0.1) is 10.2 Å². The highest BCUT2D eigenvalue weighted by Crippen LogP contribution is 2.33. The summed E-state index contributed by atoms with van der Waals surface area (Å²) in [6.07, 6.45) is 3.65. The fourth-order valence-corrected chi connectivity index (χ4v) is 4.98. The number of ether oxygens (including phenoxy) is 1. The van der Waals surface area contributed by atoms with Gasteiger partial charge in [0, 0.05) is 41.6 Å². The Kier molecular flexibility index (Phi) is 9.05. The van der Waals surface area contributed by atoms with E-state index in [1.54, 1.807) is 24.4 Å². The summed E-state index contributed by atoms with van der Waals surface area (Å²) in [4.78, 5) is 21.4. The van der Waals surface area contributed by atoms with Crippen LogP contribution in [0.25, 0.3) is 11.3 Å². The van der Waals surface area contributed by atoms with Crippen LogP contribution in [0.3, 0.4) is 0 Å². The van der Waals surface area contributed by atoms with Crippen molar-refractivity contribution in [3.8, 4) is 17.1 Å². The summed E-state index contributed by atoms with van der Waals surface area (Å²) < 4.78 is 20.5. The zero-order chi connectivity index (χ0) is 28.1. The Balaban J connectivity index is 1.32. The van der Waals surface area contributed by atoms with Crippen LogP contribution in [0, 0.1) is 11.7 Å². The van der Waals surface area contributed by atoms with Crippen LogP contribution in [0.15, 0.2) is 42.6 Å². The lowest BCUT2D eigenvalue weighted by Crippen LogP contribution is -2.36. The number of aromatic nitrogens is 3. The molecule has 3 heterocycles. The van der Waals surface area contributed by atoms with Gasteiger partial charge in [-0.3, -0.25) is 9.69 Å². The third kappa shape index (κ3) is 7.42. The number of hydrogen-bond donors (Lipinski definition) is 3. The Labute approximate surface area is 237 Å². The van der Waals surface area contributed by atoms with Crippen LogP contribution in [-0.4, -0.2) is 88.5 Å². The second kappa shape index (κ2) is 12.9. The van der Waals surface area contributed by atoms with E-state index in [1.807, 2.05) is 0 Å². The molecule has 0 unspecified atom stereocenters. The van der Waals surface area contributed by atoms with Crippen LogP contribution >= 0.6 is 11.6 Å². The van der Waals surface area contributed by atoms with Crippen molar-refractivity contribution in [2.75, 3.05) is 57.0 Å². The molecule has 3 N–H and O–H groups in total. The summed E-state index contributed by atoms with van der Waals surface area (Å²) in [5, 5.41) is 24.5. The molecule has 212 valence electrons. The average Bonchev–Trinajstić information content (AvgIpc) is 3.11. The van der Waals surface area contributed by atoms with Crippen molar-refractivity contribution in [3.63, 3.8) is 0 Å². The minimum Gasteiger partial charge on any atom is -0.475 e. The maximum Gasteiger partial charge on any atom is 0.257 e. The number of likely N-dealkylation sites (N-methyl/N-ethyl adjacent to an activating group) is 1. The number of anilines is 3. The second-order valence-corrected chi connectivity index (χ2v) is 10.8. The zero-order valence-corrected chi connectivity index (χ0v) is 23.1. The summed E-state index contributed by atoms with van der Waals surface area (Å²) in [5.41, 5.74) is 1.57. The number of carbonyl (C=O) groups excluding carboxylic acids is 1. The van der Waals surface area contributed by atoms with Gasteiger partial charge in [0.05, 0.1) is 24.9 Å². The molecule has 1 aromatic carbocycles. The smallest absolute Gasteiger partial charge is 0.257 e. The van der Waals surface area contributed by atoms with Gasteiger partial charge in [0.15, 0.2) is 0 Å². The molecular weight excluding hydrogens is 537 g/mol. The Bertz CT molecular complexity index is 1340. The van der Waals surface area contributed by atoms with Gasteiger partial charge < -0.3 is 25.4 Å². The number of nitrogens with zero attached hydrogens (tertiary/aromatic N) is 5. The maximum absolute atomic E-state index is 14.6. The van der Waals surface area contributed by atoms with Crippen molar-refractivity contribution in [3.05, 3.63) is 53.4 Å². The van der Waals surface area contributed by atoms with Crippen molar-refractivity contribution < 1.29 is 19.0 Å². The predicted molar refractivity (Wildman–Crippen MR) is 151 cm³/mol. The first-order valence-electron chi connectivity index (χ1n) is 13.4. The molecule has 1 amide bonds. The van der Waals surface area contributed by atoms with Crippen LogP contribution in [-0.2, 0) is 4.79 Å². The van der Waals surface area contributed by atoms with Crippen LogP contribution < -0.4 is 15.4 Å². The molecule has 12 heteroatoms. The number of nitrogens with one attached hydrogen (secondary N) is 2. The molecule has 2 aliphatic rings. The summed E-state index contributed by atoms with van der Waals surface area (Å²) in [5.74, 6) is 0.246. The molecule has 2 aromatic heterocycles. The molecule has 0 bridgehead atoms. The maximum atomic E-state index is 14.6. The highest BCUT2D eigenvalue weighted by Gasteiger charge is 2.28. The highest BCUT2D eigenvalue weighted by molar-refractivity contribution is 6.30. The average molecular weight is 570 g/mol.